The fraction of sp³-hybridized carbons (Fsp3) is 0.0769. The van der Waals surface area contributed by atoms with E-state index in [4.69, 9.17) is 15.6 Å². The summed E-state index contributed by atoms with van der Waals surface area (Å²) in [6, 6.07) is 5.49. The lowest BCUT2D eigenvalue weighted by Gasteiger charge is -2.14. The summed E-state index contributed by atoms with van der Waals surface area (Å²) in [5, 5.41) is 9.00. The fourth-order valence-electron chi connectivity index (χ4n) is 1.60. The standard InChI is InChI=1S/C13H9F3N2O3/c14-13(15,16)9-3-1-2-4-10(9)21-11-8(12(19)20)5-7(17)6-18-11/h1-6H,17H2,(H,19,20). The van der Waals surface area contributed by atoms with Gasteiger partial charge in [0.15, 0.2) is 0 Å². The molecule has 3 N–H and O–H groups in total. The first-order chi connectivity index (χ1) is 9.79. The quantitative estimate of drug-likeness (QED) is 0.909. The van der Waals surface area contributed by atoms with Gasteiger partial charge in [-0.25, -0.2) is 9.78 Å². The average molecular weight is 298 g/mol. The second-order valence-corrected chi connectivity index (χ2v) is 4.02. The summed E-state index contributed by atoms with van der Waals surface area (Å²) in [7, 11) is 0. The highest BCUT2D eigenvalue weighted by molar-refractivity contribution is 5.91. The molecule has 1 aromatic heterocycles. The number of nitrogen functional groups attached to an aromatic ring is 1. The average Bonchev–Trinajstić information content (AvgIpc) is 2.40. The number of rotatable bonds is 3. The molecule has 0 spiro atoms. The van der Waals surface area contributed by atoms with Gasteiger partial charge in [-0.3, -0.25) is 0 Å². The van der Waals surface area contributed by atoms with Crippen LogP contribution in [0.5, 0.6) is 11.6 Å². The highest BCUT2D eigenvalue weighted by Crippen LogP contribution is 2.38. The third-order valence-electron chi connectivity index (χ3n) is 2.50. The highest BCUT2D eigenvalue weighted by atomic mass is 19.4. The zero-order valence-electron chi connectivity index (χ0n) is 10.4. The van der Waals surface area contributed by atoms with Crippen LogP contribution in [0.25, 0.3) is 0 Å². The van der Waals surface area contributed by atoms with E-state index in [1.54, 1.807) is 0 Å². The number of carboxylic acid groups (broad SMARTS) is 1. The molecule has 0 aliphatic heterocycles. The smallest absolute Gasteiger partial charge is 0.419 e. The van der Waals surface area contributed by atoms with Crippen LogP contribution >= 0.6 is 0 Å². The molecule has 0 aliphatic rings. The fourth-order valence-corrected chi connectivity index (χ4v) is 1.60. The largest absolute Gasteiger partial charge is 0.477 e. The molecule has 8 heteroatoms. The summed E-state index contributed by atoms with van der Waals surface area (Å²) in [6.45, 7) is 0. The molecule has 5 nitrogen and oxygen atoms in total. The molecule has 0 unspecified atom stereocenters. The molecule has 0 aliphatic carbocycles. The number of pyridine rings is 1. The lowest BCUT2D eigenvalue weighted by Crippen LogP contribution is -2.09. The number of aromatic nitrogens is 1. The zero-order valence-corrected chi connectivity index (χ0v) is 10.4. The van der Waals surface area contributed by atoms with Crippen LogP contribution in [0.4, 0.5) is 18.9 Å². The SMILES string of the molecule is Nc1cnc(Oc2ccccc2C(F)(F)F)c(C(=O)O)c1. The summed E-state index contributed by atoms with van der Waals surface area (Å²) in [5.41, 5.74) is 4.00. The maximum absolute atomic E-state index is 12.8. The van der Waals surface area contributed by atoms with Crippen LogP contribution in [0.1, 0.15) is 15.9 Å². The molecule has 1 heterocycles. The van der Waals surface area contributed by atoms with E-state index >= 15 is 0 Å². The third kappa shape index (κ3) is 3.22. The van der Waals surface area contributed by atoms with E-state index in [-0.39, 0.29) is 5.69 Å². The van der Waals surface area contributed by atoms with Crippen molar-refractivity contribution in [2.24, 2.45) is 0 Å². The Labute approximate surface area is 116 Å². The summed E-state index contributed by atoms with van der Waals surface area (Å²) in [6.07, 6.45) is -3.54. The van der Waals surface area contributed by atoms with Crippen molar-refractivity contribution in [3.63, 3.8) is 0 Å². The molecule has 0 fully saturated rings. The number of nitrogens with zero attached hydrogens (tertiary/aromatic N) is 1. The number of carboxylic acids is 1. The van der Waals surface area contributed by atoms with Gasteiger partial charge < -0.3 is 15.6 Å². The molecule has 0 atom stereocenters. The molecule has 0 bridgehead atoms. The molecule has 0 amide bonds. The Morgan fingerprint density at radius 2 is 1.95 bits per heavy atom. The number of hydrogen-bond donors (Lipinski definition) is 2. The maximum atomic E-state index is 12.8. The van der Waals surface area contributed by atoms with Crippen molar-refractivity contribution in [2.75, 3.05) is 5.73 Å². The van der Waals surface area contributed by atoms with E-state index in [0.717, 1.165) is 24.4 Å². The van der Waals surface area contributed by atoms with Gasteiger partial charge in [0.05, 0.1) is 17.4 Å². The van der Waals surface area contributed by atoms with Gasteiger partial charge in [-0.15, -0.1) is 0 Å². The van der Waals surface area contributed by atoms with Crippen LogP contribution in [-0.4, -0.2) is 16.1 Å². The Kier molecular flexibility index (Phi) is 3.70. The number of aromatic carboxylic acids is 1. The van der Waals surface area contributed by atoms with Crippen LogP contribution in [0.3, 0.4) is 0 Å². The Morgan fingerprint density at radius 3 is 2.57 bits per heavy atom. The number of ether oxygens (including phenoxy) is 1. The van der Waals surface area contributed by atoms with Crippen LogP contribution in [0, 0.1) is 0 Å². The van der Waals surface area contributed by atoms with Crippen molar-refractivity contribution in [1.82, 2.24) is 4.98 Å². The summed E-state index contributed by atoms with van der Waals surface area (Å²) < 4.78 is 43.5. The van der Waals surface area contributed by atoms with Gasteiger partial charge in [0.1, 0.15) is 11.3 Å². The summed E-state index contributed by atoms with van der Waals surface area (Å²) >= 11 is 0. The molecule has 2 aromatic rings. The van der Waals surface area contributed by atoms with E-state index in [2.05, 4.69) is 4.98 Å². The molecule has 1 aromatic carbocycles. The van der Waals surface area contributed by atoms with Crippen molar-refractivity contribution in [1.29, 1.82) is 0 Å². The van der Waals surface area contributed by atoms with Crippen LogP contribution in [0.2, 0.25) is 0 Å². The Hall–Kier alpha value is -2.77. The molecular weight excluding hydrogens is 289 g/mol. The number of para-hydroxylation sites is 1. The van der Waals surface area contributed by atoms with Crippen LogP contribution in [-0.2, 0) is 6.18 Å². The van der Waals surface area contributed by atoms with Gasteiger partial charge in [-0.2, -0.15) is 13.2 Å². The van der Waals surface area contributed by atoms with Gasteiger partial charge in [-0.05, 0) is 18.2 Å². The molecule has 2 rings (SSSR count). The minimum absolute atomic E-state index is 0.0591. The Balaban J connectivity index is 2.47. The lowest BCUT2D eigenvalue weighted by atomic mass is 10.2. The van der Waals surface area contributed by atoms with Gasteiger partial charge in [0, 0.05) is 0 Å². The van der Waals surface area contributed by atoms with E-state index in [1.807, 2.05) is 0 Å². The van der Waals surface area contributed by atoms with Crippen molar-refractivity contribution in [3.05, 3.63) is 47.7 Å². The predicted octanol–water partition coefficient (Wildman–Crippen LogP) is 3.17. The molecule has 0 saturated carbocycles. The Morgan fingerprint density at radius 1 is 1.29 bits per heavy atom. The number of halogens is 3. The predicted molar refractivity (Wildman–Crippen MR) is 67.1 cm³/mol. The van der Waals surface area contributed by atoms with Crippen LogP contribution in [0.15, 0.2) is 36.5 Å². The summed E-state index contributed by atoms with van der Waals surface area (Å²) in [4.78, 5) is 14.7. The van der Waals surface area contributed by atoms with Gasteiger partial charge >= 0.3 is 12.1 Å². The monoisotopic (exact) mass is 298 g/mol. The second-order valence-electron chi connectivity index (χ2n) is 4.02. The van der Waals surface area contributed by atoms with Gasteiger partial charge in [-0.1, -0.05) is 12.1 Å². The first-order valence-corrected chi connectivity index (χ1v) is 5.62. The van der Waals surface area contributed by atoms with Crippen molar-refractivity contribution in [2.45, 2.75) is 6.18 Å². The normalized spacial score (nSPS) is 11.2. The van der Waals surface area contributed by atoms with E-state index in [9.17, 15) is 18.0 Å². The first-order valence-electron chi connectivity index (χ1n) is 5.62. The first kappa shape index (κ1) is 14.6. The number of carbonyl (C=O) groups is 1. The Bertz CT molecular complexity index is 687. The van der Waals surface area contributed by atoms with Crippen LogP contribution < -0.4 is 10.5 Å². The van der Waals surface area contributed by atoms with Crippen molar-refractivity contribution in [3.8, 4) is 11.6 Å². The molecule has 0 saturated heterocycles. The molecular formula is C13H9F3N2O3. The summed E-state index contributed by atoms with van der Waals surface area (Å²) in [5.74, 6) is -2.41. The van der Waals surface area contributed by atoms with Gasteiger partial charge in [0.2, 0.25) is 5.88 Å². The molecule has 0 radical (unpaired) electrons. The lowest BCUT2D eigenvalue weighted by molar-refractivity contribution is -0.138. The maximum Gasteiger partial charge on any atom is 0.419 e. The number of hydrogen-bond acceptors (Lipinski definition) is 4. The number of anilines is 1. The minimum atomic E-state index is -4.63. The van der Waals surface area contributed by atoms with E-state index in [0.29, 0.717) is 0 Å². The molecule has 21 heavy (non-hydrogen) atoms. The van der Waals surface area contributed by atoms with E-state index in [1.165, 1.54) is 12.1 Å². The third-order valence-corrected chi connectivity index (χ3v) is 2.50. The van der Waals surface area contributed by atoms with E-state index < -0.39 is 34.9 Å². The number of nitrogens with two attached hydrogens (primary N) is 1. The number of alkyl halides is 3. The minimum Gasteiger partial charge on any atom is -0.477 e. The molecule has 110 valence electrons. The van der Waals surface area contributed by atoms with Gasteiger partial charge in [0.25, 0.3) is 0 Å². The number of benzene rings is 1. The highest BCUT2D eigenvalue weighted by Gasteiger charge is 2.34. The van der Waals surface area contributed by atoms with Crippen molar-refractivity contribution >= 4 is 11.7 Å². The topological polar surface area (TPSA) is 85.4 Å². The second kappa shape index (κ2) is 5.31. The van der Waals surface area contributed by atoms with Crippen molar-refractivity contribution < 1.29 is 27.8 Å². The zero-order chi connectivity index (χ0) is 15.6.